The average Bonchev–Trinajstić information content (AvgIpc) is 2.16. The van der Waals surface area contributed by atoms with Gasteiger partial charge in [-0.25, -0.2) is 9.97 Å². The van der Waals surface area contributed by atoms with E-state index in [4.69, 9.17) is 11.5 Å². The molecule has 0 aliphatic rings. The summed E-state index contributed by atoms with van der Waals surface area (Å²) in [7, 11) is 0. The Hall–Kier alpha value is -1.85. The number of nitrogens with two attached hydrogens (primary N) is 2. The molecule has 6 heteroatoms. The molecule has 1 aromatic rings. The number of nitrogens with one attached hydrogen (secondary N) is 1. The Kier molecular flexibility index (Phi) is 3.65. The number of primary amides is 1. The Balaban J connectivity index is 2.92. The fourth-order valence-electron chi connectivity index (χ4n) is 1.11. The fraction of sp³-hybridized carbons (Fsp3) is 0.500. The molecule has 1 rings (SSSR count). The van der Waals surface area contributed by atoms with Crippen LogP contribution in [-0.4, -0.2) is 21.9 Å². The van der Waals surface area contributed by atoms with Gasteiger partial charge in [0.2, 0.25) is 5.91 Å². The normalized spacial score (nSPS) is 12.5. The molecule has 0 radical (unpaired) electrons. The first-order chi connectivity index (χ1) is 7.40. The summed E-state index contributed by atoms with van der Waals surface area (Å²) in [6.45, 7) is 5.60. The van der Waals surface area contributed by atoms with Crippen LogP contribution in [0.4, 0.5) is 11.6 Å². The molecule has 0 bridgehead atoms. The molecule has 6 nitrogen and oxygen atoms in total. The van der Waals surface area contributed by atoms with Crippen molar-refractivity contribution in [3.05, 3.63) is 11.9 Å². The summed E-state index contributed by atoms with van der Waals surface area (Å²) in [5.74, 6) is 1.26. The number of amides is 1. The van der Waals surface area contributed by atoms with Crippen molar-refractivity contribution in [2.75, 3.05) is 11.1 Å². The van der Waals surface area contributed by atoms with Gasteiger partial charge in [0.1, 0.15) is 23.5 Å². The Morgan fingerprint density at radius 1 is 1.38 bits per heavy atom. The monoisotopic (exact) mass is 223 g/mol. The van der Waals surface area contributed by atoms with Crippen LogP contribution in [0.5, 0.6) is 0 Å². The summed E-state index contributed by atoms with van der Waals surface area (Å²) in [6.07, 6.45) is 0. The smallest absolute Gasteiger partial charge is 0.239 e. The van der Waals surface area contributed by atoms with Crippen LogP contribution in [0.25, 0.3) is 0 Å². The van der Waals surface area contributed by atoms with Crippen LogP contribution in [0.15, 0.2) is 6.07 Å². The van der Waals surface area contributed by atoms with Gasteiger partial charge in [0, 0.05) is 12.0 Å². The maximum absolute atomic E-state index is 10.9. The van der Waals surface area contributed by atoms with Crippen LogP contribution in [0, 0.1) is 0 Å². The number of aromatic nitrogens is 2. The molecule has 1 unspecified atom stereocenters. The van der Waals surface area contributed by atoms with Gasteiger partial charge in [-0.05, 0) is 6.92 Å². The SMILES string of the molecule is CC(Nc1cc(N)nc(C(C)C)n1)C(N)=O. The van der Waals surface area contributed by atoms with Gasteiger partial charge in [0.25, 0.3) is 0 Å². The molecule has 5 N–H and O–H groups in total. The van der Waals surface area contributed by atoms with E-state index in [9.17, 15) is 4.79 Å². The minimum Gasteiger partial charge on any atom is -0.384 e. The predicted octanol–water partition coefficient (Wildman–Crippen LogP) is 0.468. The molecular formula is C10H17N5O. The zero-order chi connectivity index (χ0) is 12.3. The molecule has 0 aliphatic carbocycles. The summed E-state index contributed by atoms with van der Waals surface area (Å²) in [4.78, 5) is 19.2. The van der Waals surface area contributed by atoms with E-state index in [1.807, 2.05) is 13.8 Å². The molecule has 88 valence electrons. The number of rotatable bonds is 4. The van der Waals surface area contributed by atoms with E-state index in [-0.39, 0.29) is 5.92 Å². The van der Waals surface area contributed by atoms with Crippen molar-refractivity contribution in [3.8, 4) is 0 Å². The molecule has 0 saturated heterocycles. The molecular weight excluding hydrogens is 206 g/mol. The highest BCUT2D eigenvalue weighted by Gasteiger charge is 2.11. The number of nitrogen functional groups attached to an aromatic ring is 1. The molecule has 0 aliphatic heterocycles. The third-order valence-electron chi connectivity index (χ3n) is 2.07. The van der Waals surface area contributed by atoms with Gasteiger partial charge < -0.3 is 16.8 Å². The fourth-order valence-corrected chi connectivity index (χ4v) is 1.11. The predicted molar refractivity (Wildman–Crippen MR) is 62.8 cm³/mol. The Morgan fingerprint density at radius 2 is 2.00 bits per heavy atom. The molecule has 0 fully saturated rings. The van der Waals surface area contributed by atoms with Crippen molar-refractivity contribution >= 4 is 17.5 Å². The second kappa shape index (κ2) is 4.78. The molecule has 1 heterocycles. The summed E-state index contributed by atoms with van der Waals surface area (Å²) < 4.78 is 0. The highest BCUT2D eigenvalue weighted by molar-refractivity contribution is 5.82. The summed E-state index contributed by atoms with van der Waals surface area (Å²) in [5.41, 5.74) is 10.8. The van der Waals surface area contributed by atoms with Gasteiger partial charge in [-0.1, -0.05) is 13.8 Å². The molecule has 0 aromatic carbocycles. The quantitative estimate of drug-likeness (QED) is 0.687. The molecule has 0 spiro atoms. The lowest BCUT2D eigenvalue weighted by Crippen LogP contribution is -2.32. The van der Waals surface area contributed by atoms with Crippen LogP contribution in [0.2, 0.25) is 0 Å². The maximum atomic E-state index is 10.9. The van der Waals surface area contributed by atoms with Gasteiger partial charge in [0.15, 0.2) is 0 Å². The van der Waals surface area contributed by atoms with Crippen molar-refractivity contribution in [2.24, 2.45) is 5.73 Å². The van der Waals surface area contributed by atoms with Crippen molar-refractivity contribution in [2.45, 2.75) is 32.7 Å². The van der Waals surface area contributed by atoms with Crippen molar-refractivity contribution in [1.29, 1.82) is 0 Å². The zero-order valence-electron chi connectivity index (χ0n) is 9.69. The van der Waals surface area contributed by atoms with Gasteiger partial charge in [-0.15, -0.1) is 0 Å². The summed E-state index contributed by atoms with van der Waals surface area (Å²) in [5, 5.41) is 2.87. The number of hydrogen-bond donors (Lipinski definition) is 3. The van der Waals surface area contributed by atoms with Gasteiger partial charge in [-0.3, -0.25) is 4.79 Å². The Labute approximate surface area is 94.5 Å². The third kappa shape index (κ3) is 3.08. The molecule has 0 saturated carbocycles. The van der Waals surface area contributed by atoms with E-state index in [2.05, 4.69) is 15.3 Å². The average molecular weight is 223 g/mol. The first-order valence-electron chi connectivity index (χ1n) is 5.10. The lowest BCUT2D eigenvalue weighted by atomic mass is 10.2. The molecule has 16 heavy (non-hydrogen) atoms. The number of anilines is 2. The highest BCUT2D eigenvalue weighted by Crippen LogP contribution is 2.15. The van der Waals surface area contributed by atoms with Crippen LogP contribution in [-0.2, 0) is 4.79 Å². The largest absolute Gasteiger partial charge is 0.384 e. The van der Waals surface area contributed by atoms with Gasteiger partial charge in [-0.2, -0.15) is 0 Å². The number of carbonyl (C=O) groups is 1. The highest BCUT2D eigenvalue weighted by atomic mass is 16.1. The first kappa shape index (κ1) is 12.2. The molecule has 1 amide bonds. The van der Waals surface area contributed by atoms with Crippen LogP contribution >= 0.6 is 0 Å². The Morgan fingerprint density at radius 3 is 2.50 bits per heavy atom. The maximum Gasteiger partial charge on any atom is 0.239 e. The molecule has 1 aromatic heterocycles. The van der Waals surface area contributed by atoms with Crippen molar-refractivity contribution < 1.29 is 4.79 Å². The second-order valence-electron chi connectivity index (χ2n) is 3.96. The molecule has 1 atom stereocenters. The van der Waals surface area contributed by atoms with E-state index in [1.54, 1.807) is 13.0 Å². The van der Waals surface area contributed by atoms with Crippen LogP contribution < -0.4 is 16.8 Å². The van der Waals surface area contributed by atoms with E-state index < -0.39 is 11.9 Å². The topological polar surface area (TPSA) is 107 Å². The minimum atomic E-state index is -0.491. The van der Waals surface area contributed by atoms with E-state index in [0.717, 1.165) is 0 Å². The number of hydrogen-bond acceptors (Lipinski definition) is 5. The summed E-state index contributed by atoms with van der Waals surface area (Å²) >= 11 is 0. The van der Waals surface area contributed by atoms with Crippen LogP contribution in [0.1, 0.15) is 32.5 Å². The number of carbonyl (C=O) groups excluding carboxylic acids is 1. The lowest BCUT2D eigenvalue weighted by Gasteiger charge is -2.13. The van der Waals surface area contributed by atoms with Crippen molar-refractivity contribution in [1.82, 2.24) is 9.97 Å². The van der Waals surface area contributed by atoms with E-state index in [0.29, 0.717) is 17.5 Å². The van der Waals surface area contributed by atoms with Gasteiger partial charge >= 0.3 is 0 Å². The standard InChI is InChI=1S/C10H17N5O/c1-5(2)10-14-7(11)4-8(15-10)13-6(3)9(12)16/h4-6H,1-3H3,(H2,12,16)(H3,11,13,14,15). The van der Waals surface area contributed by atoms with E-state index in [1.165, 1.54) is 0 Å². The number of nitrogens with zero attached hydrogens (tertiary/aromatic N) is 2. The van der Waals surface area contributed by atoms with Crippen LogP contribution in [0.3, 0.4) is 0 Å². The van der Waals surface area contributed by atoms with Gasteiger partial charge in [0.05, 0.1) is 0 Å². The second-order valence-corrected chi connectivity index (χ2v) is 3.96. The summed E-state index contributed by atoms with van der Waals surface area (Å²) in [6, 6.07) is 1.08. The third-order valence-corrected chi connectivity index (χ3v) is 2.07. The van der Waals surface area contributed by atoms with Crippen molar-refractivity contribution in [3.63, 3.8) is 0 Å². The minimum absolute atomic E-state index is 0.174. The zero-order valence-corrected chi connectivity index (χ0v) is 9.69. The first-order valence-corrected chi connectivity index (χ1v) is 5.10. The van der Waals surface area contributed by atoms with E-state index >= 15 is 0 Å². The Bertz CT molecular complexity index is 391. The lowest BCUT2D eigenvalue weighted by molar-refractivity contribution is -0.118.